The summed E-state index contributed by atoms with van der Waals surface area (Å²) in [6.07, 6.45) is 3.08. The monoisotopic (exact) mass is 288 g/mol. The van der Waals surface area contributed by atoms with Gasteiger partial charge in [0.25, 0.3) is 0 Å². The van der Waals surface area contributed by atoms with Crippen LogP contribution in [-0.4, -0.2) is 48.2 Å². The molecule has 1 atom stereocenters. The van der Waals surface area contributed by atoms with Gasteiger partial charge < -0.3 is 10.0 Å². The summed E-state index contributed by atoms with van der Waals surface area (Å²) < 4.78 is 0. The van der Waals surface area contributed by atoms with Gasteiger partial charge in [0.05, 0.1) is 5.70 Å². The molecule has 114 valence electrons. The third-order valence-corrected chi connectivity index (χ3v) is 3.80. The van der Waals surface area contributed by atoms with Gasteiger partial charge >= 0.3 is 6.09 Å². The fraction of sp³-hybridized carbons (Fsp3) is 0.471. The normalized spacial score (nSPS) is 18.8. The SMILES string of the molecule is C[C@H]1CC=C(c2cccc(CCN(C)C)c2)N(C(=O)O)C1. The Balaban J connectivity index is 2.23. The van der Waals surface area contributed by atoms with Crippen molar-refractivity contribution in [1.29, 1.82) is 0 Å². The smallest absolute Gasteiger partial charge is 0.411 e. The summed E-state index contributed by atoms with van der Waals surface area (Å²) in [5.41, 5.74) is 3.07. The number of allylic oxidation sites excluding steroid dienone is 1. The van der Waals surface area contributed by atoms with Crippen LogP contribution in [0.15, 0.2) is 30.3 Å². The van der Waals surface area contributed by atoms with E-state index >= 15 is 0 Å². The van der Waals surface area contributed by atoms with Crippen LogP contribution in [0.25, 0.3) is 5.70 Å². The van der Waals surface area contributed by atoms with Gasteiger partial charge in [-0.25, -0.2) is 4.79 Å². The van der Waals surface area contributed by atoms with E-state index in [9.17, 15) is 9.90 Å². The van der Waals surface area contributed by atoms with E-state index in [1.54, 1.807) is 0 Å². The Kier molecular flexibility index (Phi) is 5.02. The Labute approximate surface area is 126 Å². The second-order valence-electron chi connectivity index (χ2n) is 6.08. The van der Waals surface area contributed by atoms with Crippen LogP contribution in [0.1, 0.15) is 24.5 Å². The number of hydrogen-bond acceptors (Lipinski definition) is 2. The van der Waals surface area contributed by atoms with E-state index in [1.807, 2.05) is 18.2 Å². The quantitative estimate of drug-likeness (QED) is 0.925. The van der Waals surface area contributed by atoms with Crippen molar-refractivity contribution in [3.05, 3.63) is 41.5 Å². The zero-order chi connectivity index (χ0) is 15.4. The zero-order valence-corrected chi connectivity index (χ0v) is 13.0. The molecule has 0 unspecified atom stereocenters. The Morgan fingerprint density at radius 3 is 2.86 bits per heavy atom. The number of rotatable bonds is 4. The minimum absolute atomic E-state index is 0.377. The van der Waals surface area contributed by atoms with Crippen LogP contribution < -0.4 is 0 Å². The number of carbonyl (C=O) groups is 1. The number of hydrogen-bond donors (Lipinski definition) is 1. The van der Waals surface area contributed by atoms with Crippen LogP contribution in [-0.2, 0) is 6.42 Å². The Bertz CT molecular complexity index is 537. The summed E-state index contributed by atoms with van der Waals surface area (Å²) in [6.45, 7) is 3.64. The molecule has 0 bridgehead atoms. The van der Waals surface area contributed by atoms with E-state index in [0.29, 0.717) is 12.5 Å². The van der Waals surface area contributed by atoms with E-state index < -0.39 is 6.09 Å². The zero-order valence-electron chi connectivity index (χ0n) is 13.0. The van der Waals surface area contributed by atoms with Crippen molar-refractivity contribution in [2.45, 2.75) is 19.8 Å². The minimum atomic E-state index is -0.869. The number of amides is 1. The summed E-state index contributed by atoms with van der Waals surface area (Å²) in [6, 6.07) is 8.22. The topological polar surface area (TPSA) is 43.8 Å². The predicted molar refractivity (Wildman–Crippen MR) is 85.2 cm³/mol. The maximum absolute atomic E-state index is 11.5. The minimum Gasteiger partial charge on any atom is -0.465 e. The van der Waals surface area contributed by atoms with Crippen molar-refractivity contribution in [3.63, 3.8) is 0 Å². The third-order valence-electron chi connectivity index (χ3n) is 3.80. The molecule has 0 aliphatic carbocycles. The van der Waals surface area contributed by atoms with E-state index in [0.717, 1.165) is 30.6 Å². The molecule has 21 heavy (non-hydrogen) atoms. The Hall–Kier alpha value is -1.81. The van der Waals surface area contributed by atoms with Crippen LogP contribution in [0.3, 0.4) is 0 Å². The van der Waals surface area contributed by atoms with Crippen molar-refractivity contribution < 1.29 is 9.90 Å². The Morgan fingerprint density at radius 2 is 2.19 bits per heavy atom. The molecule has 1 aromatic carbocycles. The maximum atomic E-state index is 11.5. The summed E-state index contributed by atoms with van der Waals surface area (Å²) in [4.78, 5) is 15.1. The molecule has 0 fully saturated rings. The lowest BCUT2D eigenvalue weighted by Gasteiger charge is -2.30. The lowest BCUT2D eigenvalue weighted by molar-refractivity contribution is 0.159. The van der Waals surface area contributed by atoms with Crippen LogP contribution in [0.5, 0.6) is 0 Å². The first-order valence-electron chi connectivity index (χ1n) is 7.42. The van der Waals surface area contributed by atoms with E-state index in [2.05, 4.69) is 38.1 Å². The summed E-state index contributed by atoms with van der Waals surface area (Å²) >= 11 is 0. The Morgan fingerprint density at radius 1 is 1.43 bits per heavy atom. The van der Waals surface area contributed by atoms with Crippen molar-refractivity contribution in [1.82, 2.24) is 9.80 Å². The highest BCUT2D eigenvalue weighted by Gasteiger charge is 2.24. The predicted octanol–water partition coefficient (Wildman–Crippen LogP) is 3.15. The van der Waals surface area contributed by atoms with Gasteiger partial charge in [-0.1, -0.05) is 31.2 Å². The van der Waals surface area contributed by atoms with Gasteiger partial charge in [-0.15, -0.1) is 0 Å². The first-order valence-corrected chi connectivity index (χ1v) is 7.42. The molecule has 0 saturated carbocycles. The van der Waals surface area contributed by atoms with Gasteiger partial charge in [0.2, 0.25) is 0 Å². The molecule has 1 heterocycles. The molecule has 1 aromatic rings. The van der Waals surface area contributed by atoms with E-state index in [-0.39, 0.29) is 0 Å². The van der Waals surface area contributed by atoms with Gasteiger partial charge in [0.1, 0.15) is 0 Å². The van der Waals surface area contributed by atoms with Crippen molar-refractivity contribution in [3.8, 4) is 0 Å². The molecule has 4 nitrogen and oxygen atoms in total. The number of carboxylic acid groups (broad SMARTS) is 1. The fourth-order valence-corrected chi connectivity index (χ4v) is 2.60. The highest BCUT2D eigenvalue weighted by Crippen LogP contribution is 2.28. The standard InChI is InChI=1S/C17H24N2O2/c1-13-7-8-16(19(12-13)17(20)21)15-6-4-5-14(11-15)9-10-18(2)3/h4-6,8,11,13H,7,9-10,12H2,1-3H3,(H,20,21)/t13-/m0/s1. The number of likely N-dealkylation sites (N-methyl/N-ethyl adjacent to an activating group) is 1. The molecular weight excluding hydrogens is 264 g/mol. The van der Waals surface area contributed by atoms with Crippen LogP contribution in [0.4, 0.5) is 4.79 Å². The first kappa shape index (κ1) is 15.6. The summed E-state index contributed by atoms with van der Waals surface area (Å²) in [5.74, 6) is 0.377. The average Bonchev–Trinajstić information content (AvgIpc) is 2.45. The highest BCUT2D eigenvalue weighted by molar-refractivity contribution is 5.81. The maximum Gasteiger partial charge on any atom is 0.411 e. The molecule has 4 heteroatoms. The van der Waals surface area contributed by atoms with Crippen LogP contribution >= 0.6 is 0 Å². The van der Waals surface area contributed by atoms with Crippen molar-refractivity contribution in [2.75, 3.05) is 27.2 Å². The molecule has 1 aliphatic rings. The highest BCUT2D eigenvalue weighted by atomic mass is 16.4. The molecule has 0 aromatic heterocycles. The molecule has 2 rings (SSSR count). The third kappa shape index (κ3) is 4.08. The second kappa shape index (κ2) is 6.76. The van der Waals surface area contributed by atoms with Gasteiger partial charge in [0, 0.05) is 13.1 Å². The molecule has 1 N–H and O–H groups in total. The largest absolute Gasteiger partial charge is 0.465 e. The molecule has 1 amide bonds. The molecule has 0 spiro atoms. The lowest BCUT2D eigenvalue weighted by atomic mass is 9.97. The summed E-state index contributed by atoms with van der Waals surface area (Å²) in [7, 11) is 4.11. The first-order chi connectivity index (χ1) is 9.97. The fourth-order valence-electron chi connectivity index (χ4n) is 2.60. The van der Waals surface area contributed by atoms with Gasteiger partial charge in [-0.05, 0) is 50.0 Å². The average molecular weight is 288 g/mol. The van der Waals surface area contributed by atoms with E-state index in [1.165, 1.54) is 10.5 Å². The lowest BCUT2D eigenvalue weighted by Crippen LogP contribution is -2.34. The molecule has 0 radical (unpaired) electrons. The molecule has 0 saturated heterocycles. The number of benzene rings is 1. The van der Waals surface area contributed by atoms with Gasteiger partial charge in [0.15, 0.2) is 0 Å². The van der Waals surface area contributed by atoms with Gasteiger partial charge in [-0.2, -0.15) is 0 Å². The van der Waals surface area contributed by atoms with Crippen LogP contribution in [0, 0.1) is 5.92 Å². The molecular formula is C17H24N2O2. The van der Waals surface area contributed by atoms with Crippen molar-refractivity contribution in [2.24, 2.45) is 5.92 Å². The van der Waals surface area contributed by atoms with Crippen molar-refractivity contribution >= 4 is 11.8 Å². The van der Waals surface area contributed by atoms with Crippen LogP contribution in [0.2, 0.25) is 0 Å². The van der Waals surface area contributed by atoms with Gasteiger partial charge in [-0.3, -0.25) is 4.90 Å². The summed E-state index contributed by atoms with van der Waals surface area (Å²) in [5, 5.41) is 9.41. The molecule has 1 aliphatic heterocycles. The number of nitrogens with zero attached hydrogens (tertiary/aromatic N) is 2. The second-order valence-corrected chi connectivity index (χ2v) is 6.08. The van der Waals surface area contributed by atoms with E-state index in [4.69, 9.17) is 0 Å².